The van der Waals surface area contributed by atoms with Crippen LogP contribution in [0.1, 0.15) is 46.1 Å². The van der Waals surface area contributed by atoms with E-state index in [2.05, 4.69) is 27.4 Å². The van der Waals surface area contributed by atoms with Gasteiger partial charge in [0.1, 0.15) is 11.7 Å². The lowest BCUT2D eigenvalue weighted by Gasteiger charge is -2.41. The number of rotatable bonds is 6. The maximum Gasteiger partial charge on any atom is 0.465 e. The largest absolute Gasteiger partial charge is 0.465 e. The Labute approximate surface area is 247 Å². The molecule has 0 spiro atoms. The Morgan fingerprint density at radius 1 is 1.29 bits per heavy atom. The first-order chi connectivity index (χ1) is 19.3. The Balaban J connectivity index is 1.92. The molecule has 4 rings (SSSR count). The SMILES string of the molecule is C=CC(=O)N1CCN(C(=N)c2cc(Cl)c(-c3ccccc3F)nc2N(C2=C(C(C)(C)C)CCC=C2)[P+](C)=O)C(C)C1. The number of hydrogen-bond acceptors (Lipinski definition) is 4. The van der Waals surface area contributed by atoms with Crippen molar-refractivity contribution in [1.29, 1.82) is 5.41 Å². The molecule has 2 aromatic rings. The number of carbonyl (C=O) groups excluding carboxylic acids is 1. The van der Waals surface area contributed by atoms with Crippen LogP contribution in [0.25, 0.3) is 11.3 Å². The topological polar surface area (TPSA) is 80.6 Å². The molecular formula is C31H37ClFN5O2P+. The van der Waals surface area contributed by atoms with Crippen LogP contribution in [0.3, 0.4) is 0 Å². The molecule has 2 unspecified atom stereocenters. The fraction of sp³-hybridized carbons (Fsp3) is 0.387. The second kappa shape index (κ2) is 12.3. The predicted molar refractivity (Wildman–Crippen MR) is 165 cm³/mol. The van der Waals surface area contributed by atoms with E-state index in [-0.39, 0.29) is 45.3 Å². The fourth-order valence-electron chi connectivity index (χ4n) is 5.44. The van der Waals surface area contributed by atoms with Crippen molar-refractivity contribution in [3.8, 4) is 11.3 Å². The summed E-state index contributed by atoms with van der Waals surface area (Å²) in [4.78, 5) is 20.7. The lowest BCUT2D eigenvalue weighted by atomic mass is 9.80. The van der Waals surface area contributed by atoms with E-state index < -0.39 is 13.8 Å². The fourth-order valence-corrected chi connectivity index (χ4v) is 6.60. The van der Waals surface area contributed by atoms with Crippen LogP contribution in [-0.2, 0) is 9.36 Å². The number of hydrogen-bond donors (Lipinski definition) is 1. The number of pyridine rings is 1. The lowest BCUT2D eigenvalue weighted by Crippen LogP contribution is -2.55. The first-order valence-electron chi connectivity index (χ1n) is 13.7. The van der Waals surface area contributed by atoms with Crippen molar-refractivity contribution in [3.05, 3.63) is 82.8 Å². The van der Waals surface area contributed by atoms with Crippen LogP contribution in [0.15, 0.2) is 66.4 Å². The summed E-state index contributed by atoms with van der Waals surface area (Å²) in [5, 5.41) is 9.51. The minimum absolute atomic E-state index is 0.146. The maximum atomic E-state index is 15.0. The smallest absolute Gasteiger partial charge is 0.350 e. The second-order valence-electron chi connectivity index (χ2n) is 11.4. The minimum atomic E-state index is -2.03. The highest BCUT2D eigenvalue weighted by atomic mass is 35.5. The summed E-state index contributed by atoms with van der Waals surface area (Å²) in [6.45, 7) is 14.8. The van der Waals surface area contributed by atoms with Crippen molar-refractivity contribution in [1.82, 2.24) is 14.8 Å². The van der Waals surface area contributed by atoms with Crippen LogP contribution in [-0.4, -0.2) is 58.9 Å². The standard InChI is InChI=1S/C31H37ClFN5O2P/c1-7-27(39)36-16-17-37(20(2)19-36)29(34)22-18-24(32)28(21-12-8-10-14-25(21)33)35-30(22)38(41(6)40)26-15-11-9-13-23(26)31(3,4)5/h7-8,10-12,14-15,18,20,34H,1,9,13,16-17,19H2,2-6H3/q+1. The van der Waals surface area contributed by atoms with Crippen LogP contribution in [0.2, 0.25) is 5.02 Å². The quantitative estimate of drug-likeness (QED) is 0.162. The molecule has 1 amide bonds. The van der Waals surface area contributed by atoms with Crippen molar-refractivity contribution in [2.24, 2.45) is 5.41 Å². The zero-order chi connectivity index (χ0) is 30.1. The van der Waals surface area contributed by atoms with E-state index >= 15 is 0 Å². The summed E-state index contributed by atoms with van der Waals surface area (Å²) < 4.78 is 30.3. The molecule has 1 aromatic carbocycles. The number of nitrogens with one attached hydrogen (secondary N) is 1. The number of piperazine rings is 1. The third-order valence-electron chi connectivity index (χ3n) is 7.50. The minimum Gasteiger partial charge on any atom is -0.350 e. The van der Waals surface area contributed by atoms with E-state index in [1.54, 1.807) is 40.5 Å². The van der Waals surface area contributed by atoms with Gasteiger partial charge in [0.05, 0.1) is 22.0 Å². The van der Waals surface area contributed by atoms with Gasteiger partial charge in [0.25, 0.3) is 0 Å². The van der Waals surface area contributed by atoms with Gasteiger partial charge in [-0.2, -0.15) is 0 Å². The molecule has 0 saturated carbocycles. The molecular weight excluding hydrogens is 560 g/mol. The highest BCUT2D eigenvalue weighted by molar-refractivity contribution is 7.46. The number of nitrogens with zero attached hydrogens (tertiary/aromatic N) is 4. The van der Waals surface area contributed by atoms with Gasteiger partial charge in [0.2, 0.25) is 5.91 Å². The Kier molecular flexibility index (Phi) is 9.15. The molecule has 7 nitrogen and oxygen atoms in total. The summed E-state index contributed by atoms with van der Waals surface area (Å²) in [7, 11) is -2.03. The van der Waals surface area contributed by atoms with Gasteiger partial charge >= 0.3 is 7.95 Å². The Morgan fingerprint density at radius 2 is 2.00 bits per heavy atom. The number of amides is 1. The van der Waals surface area contributed by atoms with Gasteiger partial charge in [-0.3, -0.25) is 10.2 Å². The summed E-state index contributed by atoms with van der Waals surface area (Å²) in [6, 6.07) is 7.69. The molecule has 216 valence electrons. The maximum absolute atomic E-state index is 15.0. The van der Waals surface area contributed by atoms with Crippen LogP contribution in [0.4, 0.5) is 10.2 Å². The highest BCUT2D eigenvalue weighted by Gasteiger charge is 2.38. The molecule has 0 radical (unpaired) electrons. The van der Waals surface area contributed by atoms with E-state index in [1.807, 2.05) is 24.0 Å². The lowest BCUT2D eigenvalue weighted by molar-refractivity contribution is -0.128. The molecule has 1 aliphatic heterocycles. The Hall–Kier alpha value is -3.35. The van der Waals surface area contributed by atoms with Gasteiger partial charge in [0, 0.05) is 31.2 Å². The van der Waals surface area contributed by atoms with Gasteiger partial charge in [-0.25, -0.2) is 9.37 Å². The van der Waals surface area contributed by atoms with E-state index in [0.29, 0.717) is 25.2 Å². The average Bonchev–Trinajstić information content (AvgIpc) is 2.93. The average molecular weight is 597 g/mol. The first kappa shape index (κ1) is 30.6. The van der Waals surface area contributed by atoms with Gasteiger partial charge < -0.3 is 9.80 Å². The monoisotopic (exact) mass is 596 g/mol. The molecule has 2 aliphatic rings. The highest BCUT2D eigenvalue weighted by Crippen LogP contribution is 2.45. The molecule has 0 bridgehead atoms. The van der Waals surface area contributed by atoms with Crippen molar-refractivity contribution < 1.29 is 13.8 Å². The van der Waals surface area contributed by atoms with Crippen molar-refractivity contribution in [3.63, 3.8) is 0 Å². The molecule has 2 atom stereocenters. The zero-order valence-electron chi connectivity index (χ0n) is 24.2. The van der Waals surface area contributed by atoms with E-state index in [4.69, 9.17) is 16.6 Å². The van der Waals surface area contributed by atoms with E-state index in [0.717, 1.165) is 24.1 Å². The third kappa shape index (κ3) is 6.29. The third-order valence-corrected chi connectivity index (χ3v) is 8.76. The van der Waals surface area contributed by atoms with Gasteiger partial charge in [0.15, 0.2) is 12.5 Å². The van der Waals surface area contributed by atoms with E-state index in [9.17, 15) is 19.2 Å². The van der Waals surface area contributed by atoms with Crippen LogP contribution in [0.5, 0.6) is 0 Å². The summed E-state index contributed by atoms with van der Waals surface area (Å²) >= 11 is 6.76. The molecule has 1 aromatic heterocycles. The van der Waals surface area contributed by atoms with E-state index in [1.165, 1.54) is 12.1 Å². The second-order valence-corrected chi connectivity index (χ2v) is 13.1. The number of amidine groups is 1. The normalized spacial score (nSPS) is 17.9. The predicted octanol–water partition coefficient (Wildman–Crippen LogP) is 7.41. The molecule has 1 saturated heterocycles. The first-order valence-corrected chi connectivity index (χ1v) is 15.7. The summed E-state index contributed by atoms with van der Waals surface area (Å²) in [5.41, 5.74) is 2.50. The van der Waals surface area contributed by atoms with Gasteiger partial charge in [-0.05, 0) is 65.7 Å². The van der Waals surface area contributed by atoms with Gasteiger partial charge in [-0.15, -0.1) is 4.67 Å². The number of carbonyl (C=O) groups is 1. The van der Waals surface area contributed by atoms with Crippen molar-refractivity contribution >= 4 is 37.1 Å². The van der Waals surface area contributed by atoms with Gasteiger partial charge in [-0.1, -0.05) is 57.2 Å². The number of allylic oxidation sites excluding steroid dienone is 3. The number of aromatic nitrogens is 1. The molecule has 1 aliphatic carbocycles. The number of benzene rings is 1. The summed E-state index contributed by atoms with van der Waals surface area (Å²) in [6.07, 6.45) is 6.98. The zero-order valence-corrected chi connectivity index (χ0v) is 25.9. The van der Waals surface area contributed by atoms with Crippen LogP contribution < -0.4 is 4.67 Å². The molecule has 2 heterocycles. The molecule has 41 heavy (non-hydrogen) atoms. The summed E-state index contributed by atoms with van der Waals surface area (Å²) in [5.74, 6) is -0.206. The molecule has 1 N–H and O–H groups in total. The Bertz CT molecular complexity index is 1460. The van der Waals surface area contributed by atoms with Crippen molar-refractivity contribution in [2.75, 3.05) is 31.0 Å². The number of halogens is 2. The molecule has 10 heteroatoms. The van der Waals surface area contributed by atoms with Crippen molar-refractivity contribution in [2.45, 2.75) is 46.6 Å². The number of anilines is 1. The van der Waals surface area contributed by atoms with Crippen LogP contribution in [0, 0.1) is 16.6 Å². The Morgan fingerprint density at radius 3 is 2.61 bits per heavy atom. The van der Waals surface area contributed by atoms with Crippen LogP contribution >= 0.6 is 19.6 Å². The molecule has 1 fully saturated rings.